The monoisotopic (exact) mass is 554 g/mol. The summed E-state index contributed by atoms with van der Waals surface area (Å²) in [7, 11) is 1.66. The van der Waals surface area contributed by atoms with Gasteiger partial charge >= 0.3 is 0 Å². The molecule has 2 aromatic carbocycles. The van der Waals surface area contributed by atoms with E-state index in [0.29, 0.717) is 12.3 Å². The molecule has 0 radical (unpaired) electrons. The summed E-state index contributed by atoms with van der Waals surface area (Å²) in [6, 6.07) is 15.9. The molecule has 1 aromatic heterocycles. The number of carbonyl (C=O) groups is 1. The topological polar surface area (TPSA) is 82.8 Å². The van der Waals surface area contributed by atoms with Gasteiger partial charge in [0, 0.05) is 17.9 Å². The molecule has 1 aliphatic carbocycles. The standard InChI is InChI=1S/C33H36N2O4.CH2O/c1-23-8-5-4-6-10-24(2)30(11-7-9-23)26(21-36)18-27-20-31(25-12-17-32-33(19-25)39-22-38-32)35(34-27)28-13-15-29(37-3)16-14-28;1-2/h5-17,19-20,23-24,26,36H,4,18,21-22H2,1-3H3;1H2/b8-5-,9-7-,10-6-,30-11+;. The zero-order chi connectivity index (χ0) is 29.2. The van der Waals surface area contributed by atoms with E-state index >= 15 is 0 Å². The molecule has 5 rings (SSSR count). The Morgan fingerprint density at radius 2 is 1.78 bits per heavy atom. The second-order valence-electron chi connectivity index (χ2n) is 10.1. The molecule has 0 saturated heterocycles. The number of aliphatic hydroxyl groups is 1. The minimum Gasteiger partial charge on any atom is -0.497 e. The van der Waals surface area contributed by atoms with Gasteiger partial charge in [-0.15, -0.1) is 0 Å². The van der Waals surface area contributed by atoms with Crippen LogP contribution in [0.15, 0.2) is 96.6 Å². The van der Waals surface area contributed by atoms with Crippen molar-refractivity contribution in [3.8, 4) is 34.2 Å². The highest BCUT2D eigenvalue weighted by atomic mass is 16.7. The summed E-state index contributed by atoms with van der Waals surface area (Å²) in [6.45, 7) is 6.64. The number of nitrogens with zero attached hydrogens (tertiary/aromatic N) is 2. The lowest BCUT2D eigenvalue weighted by Crippen LogP contribution is -2.17. The number of aromatic nitrogens is 2. The summed E-state index contributed by atoms with van der Waals surface area (Å²) >= 11 is 0. The Balaban J connectivity index is 0.00000189. The summed E-state index contributed by atoms with van der Waals surface area (Å²) < 4.78 is 18.5. The minimum atomic E-state index is -0.0675. The van der Waals surface area contributed by atoms with Crippen LogP contribution in [-0.4, -0.2) is 42.2 Å². The summed E-state index contributed by atoms with van der Waals surface area (Å²) in [4.78, 5) is 8.00. The van der Waals surface area contributed by atoms with Crippen LogP contribution in [0.1, 0.15) is 26.0 Å². The fourth-order valence-electron chi connectivity index (χ4n) is 5.08. The molecule has 3 atom stereocenters. The summed E-state index contributed by atoms with van der Waals surface area (Å²) in [5, 5.41) is 15.6. The highest BCUT2D eigenvalue weighted by Gasteiger charge is 2.22. The molecule has 0 amide bonds. The first kappa shape index (κ1) is 29.6. The first-order valence-electron chi connectivity index (χ1n) is 13.8. The molecule has 0 fully saturated rings. The average molecular weight is 555 g/mol. The predicted octanol–water partition coefficient (Wildman–Crippen LogP) is 6.51. The van der Waals surface area contributed by atoms with Gasteiger partial charge in [0.15, 0.2) is 11.5 Å². The van der Waals surface area contributed by atoms with E-state index in [1.54, 1.807) is 7.11 Å². The van der Waals surface area contributed by atoms with Crippen LogP contribution in [0.2, 0.25) is 0 Å². The van der Waals surface area contributed by atoms with Crippen LogP contribution in [0.3, 0.4) is 0 Å². The third-order valence-corrected chi connectivity index (χ3v) is 7.26. The maximum atomic E-state index is 10.5. The predicted molar refractivity (Wildman–Crippen MR) is 162 cm³/mol. The van der Waals surface area contributed by atoms with Gasteiger partial charge < -0.3 is 24.1 Å². The van der Waals surface area contributed by atoms with E-state index in [4.69, 9.17) is 24.1 Å². The number of benzene rings is 2. The van der Waals surface area contributed by atoms with Crippen LogP contribution in [0.25, 0.3) is 16.9 Å². The highest BCUT2D eigenvalue weighted by molar-refractivity contribution is 5.67. The molecular formula is C34H38N2O5. The van der Waals surface area contributed by atoms with Crippen LogP contribution in [0.4, 0.5) is 0 Å². The van der Waals surface area contributed by atoms with E-state index in [1.165, 1.54) is 5.57 Å². The number of fused-ring (bicyclic) bond motifs is 1. The van der Waals surface area contributed by atoms with Crippen molar-refractivity contribution in [3.05, 3.63) is 102 Å². The SMILES string of the molecule is C=O.COc1ccc(-n2nc(CC(CO)/C3=C/C=C\C(C)/C=C\C/C=C\C3C)cc2-c2ccc3c(c2)OCO3)cc1. The Kier molecular flexibility index (Phi) is 10.3. The Bertz CT molecular complexity index is 1420. The smallest absolute Gasteiger partial charge is 0.231 e. The lowest BCUT2D eigenvalue weighted by Gasteiger charge is -2.21. The van der Waals surface area contributed by atoms with Crippen molar-refractivity contribution in [1.29, 1.82) is 0 Å². The van der Waals surface area contributed by atoms with Gasteiger partial charge in [0.1, 0.15) is 12.5 Å². The van der Waals surface area contributed by atoms with Crippen molar-refractivity contribution in [1.82, 2.24) is 9.78 Å². The van der Waals surface area contributed by atoms with Gasteiger partial charge in [-0.25, -0.2) is 4.68 Å². The van der Waals surface area contributed by atoms with E-state index < -0.39 is 0 Å². The van der Waals surface area contributed by atoms with Gasteiger partial charge in [0.25, 0.3) is 0 Å². The van der Waals surface area contributed by atoms with Crippen molar-refractivity contribution >= 4 is 6.79 Å². The van der Waals surface area contributed by atoms with Crippen molar-refractivity contribution in [2.24, 2.45) is 17.8 Å². The molecule has 41 heavy (non-hydrogen) atoms. The van der Waals surface area contributed by atoms with Gasteiger partial charge in [0.2, 0.25) is 6.79 Å². The van der Waals surface area contributed by atoms with Crippen molar-refractivity contribution in [3.63, 3.8) is 0 Å². The number of ether oxygens (including phenoxy) is 3. The van der Waals surface area contributed by atoms with E-state index in [2.05, 4.69) is 62.4 Å². The third kappa shape index (κ3) is 7.24. The Labute approximate surface area is 242 Å². The number of hydrogen-bond acceptors (Lipinski definition) is 6. The van der Waals surface area contributed by atoms with E-state index in [1.807, 2.05) is 53.9 Å². The van der Waals surface area contributed by atoms with Gasteiger partial charge in [-0.05, 0) is 66.8 Å². The normalized spacial score (nSPS) is 22.2. The number of methoxy groups -OCH3 is 1. The zero-order valence-electron chi connectivity index (χ0n) is 23.9. The summed E-state index contributed by atoms with van der Waals surface area (Å²) in [6.07, 6.45) is 16.9. The van der Waals surface area contributed by atoms with Crippen molar-refractivity contribution < 1.29 is 24.1 Å². The third-order valence-electron chi connectivity index (χ3n) is 7.26. The number of hydrogen-bond donors (Lipinski definition) is 1. The molecular weight excluding hydrogens is 516 g/mol. The van der Waals surface area contributed by atoms with Gasteiger partial charge in [-0.3, -0.25) is 0 Å². The van der Waals surface area contributed by atoms with Crippen LogP contribution >= 0.6 is 0 Å². The fraction of sp³-hybridized carbons (Fsp3) is 0.294. The number of carbonyl (C=O) groups excluding carboxylic acids is 1. The molecule has 3 unspecified atom stereocenters. The number of aliphatic hydroxyl groups excluding tert-OH is 1. The second kappa shape index (κ2) is 14.3. The number of rotatable bonds is 7. The van der Waals surface area contributed by atoms with Gasteiger partial charge in [-0.2, -0.15) is 5.10 Å². The largest absolute Gasteiger partial charge is 0.497 e. The molecule has 0 saturated carbocycles. The molecule has 0 spiro atoms. The van der Waals surface area contributed by atoms with Crippen LogP contribution in [0.5, 0.6) is 17.2 Å². The van der Waals surface area contributed by atoms with Crippen LogP contribution in [-0.2, 0) is 11.2 Å². The quantitative estimate of drug-likeness (QED) is 0.335. The summed E-state index contributed by atoms with van der Waals surface area (Å²) in [5.74, 6) is 2.75. The van der Waals surface area contributed by atoms with Crippen LogP contribution < -0.4 is 14.2 Å². The first-order valence-corrected chi connectivity index (χ1v) is 13.8. The van der Waals surface area contributed by atoms with Gasteiger partial charge in [-0.1, -0.05) is 62.0 Å². The van der Waals surface area contributed by atoms with E-state index in [9.17, 15) is 5.11 Å². The Morgan fingerprint density at radius 3 is 2.54 bits per heavy atom. The van der Waals surface area contributed by atoms with Gasteiger partial charge in [0.05, 0.1) is 30.8 Å². The highest BCUT2D eigenvalue weighted by Crippen LogP contribution is 2.37. The molecule has 1 aliphatic heterocycles. The van der Waals surface area contributed by atoms with E-state index in [-0.39, 0.29) is 25.2 Å². The fourth-order valence-corrected chi connectivity index (χ4v) is 5.08. The minimum absolute atomic E-state index is 0.0421. The molecule has 3 aromatic rings. The molecule has 7 nitrogen and oxygen atoms in total. The lowest BCUT2D eigenvalue weighted by atomic mass is 9.85. The van der Waals surface area contributed by atoms with Crippen molar-refractivity contribution in [2.45, 2.75) is 26.7 Å². The average Bonchev–Trinajstić information content (AvgIpc) is 3.65. The molecule has 1 N–H and O–H groups in total. The molecule has 2 aliphatic rings. The zero-order valence-corrected chi connectivity index (χ0v) is 23.9. The Morgan fingerprint density at radius 1 is 1.02 bits per heavy atom. The maximum absolute atomic E-state index is 10.5. The summed E-state index contributed by atoms with van der Waals surface area (Å²) in [5.41, 5.74) is 4.94. The number of allylic oxidation sites excluding steroid dienone is 7. The van der Waals surface area contributed by atoms with E-state index in [0.717, 1.165) is 46.3 Å². The first-order chi connectivity index (χ1) is 20.1. The molecule has 214 valence electrons. The molecule has 0 bridgehead atoms. The lowest BCUT2D eigenvalue weighted by molar-refractivity contribution is -0.0980. The molecule has 2 heterocycles. The van der Waals surface area contributed by atoms with Crippen molar-refractivity contribution in [2.75, 3.05) is 20.5 Å². The maximum Gasteiger partial charge on any atom is 0.231 e. The second-order valence-corrected chi connectivity index (χ2v) is 10.1. The Hall–Kier alpha value is -4.36. The molecule has 7 heteroatoms. The van der Waals surface area contributed by atoms with Crippen LogP contribution in [0, 0.1) is 17.8 Å².